The van der Waals surface area contributed by atoms with E-state index in [4.69, 9.17) is 0 Å². The lowest BCUT2D eigenvalue weighted by atomic mass is 9.82. The second-order valence-corrected chi connectivity index (χ2v) is 9.35. The Labute approximate surface area is 130 Å². The first-order valence-electron chi connectivity index (χ1n) is 7.52. The van der Waals surface area contributed by atoms with Crippen molar-refractivity contribution >= 4 is 10.0 Å². The van der Waals surface area contributed by atoms with Crippen LogP contribution in [0.4, 0.5) is 0 Å². The van der Waals surface area contributed by atoms with E-state index in [1.54, 1.807) is 4.31 Å². The minimum Gasteiger partial charge on any atom is -0.212 e. The van der Waals surface area contributed by atoms with Gasteiger partial charge in [-0.25, -0.2) is 8.42 Å². The highest BCUT2D eigenvalue weighted by Crippen LogP contribution is 2.33. The van der Waals surface area contributed by atoms with E-state index >= 15 is 0 Å². The molecule has 0 bridgehead atoms. The van der Waals surface area contributed by atoms with Crippen LogP contribution in [-0.4, -0.2) is 24.8 Å². The summed E-state index contributed by atoms with van der Waals surface area (Å²) in [6.07, 6.45) is 0.821. The largest absolute Gasteiger partial charge is 0.218 e. The van der Waals surface area contributed by atoms with Crippen molar-refractivity contribution in [2.24, 2.45) is 5.41 Å². The average molecular weight is 311 g/mol. The summed E-state index contributed by atoms with van der Waals surface area (Å²) in [7, 11) is -3.32. The van der Waals surface area contributed by atoms with Crippen LogP contribution < -0.4 is 0 Å². The van der Waals surface area contributed by atoms with Crippen LogP contribution >= 0.6 is 0 Å². The number of hydrogen-bond acceptors (Lipinski definition) is 2. The maximum Gasteiger partial charge on any atom is 0.218 e. The van der Waals surface area contributed by atoms with Crippen LogP contribution in [0.2, 0.25) is 0 Å². The van der Waals surface area contributed by atoms with Crippen LogP contribution in [0, 0.1) is 5.41 Å². The van der Waals surface area contributed by atoms with Crippen molar-refractivity contribution in [1.82, 2.24) is 4.31 Å². The minimum atomic E-state index is -3.32. The van der Waals surface area contributed by atoms with Gasteiger partial charge in [0.15, 0.2) is 0 Å². The molecule has 0 radical (unpaired) electrons. The normalized spacial score (nSPS) is 13.7. The van der Waals surface area contributed by atoms with Crippen molar-refractivity contribution in [2.75, 3.05) is 6.54 Å². The summed E-state index contributed by atoms with van der Waals surface area (Å²) in [5.74, 6) is 0.0647. The van der Waals surface area contributed by atoms with Gasteiger partial charge in [-0.3, -0.25) is 0 Å². The van der Waals surface area contributed by atoms with Crippen LogP contribution in [0.3, 0.4) is 0 Å². The summed E-state index contributed by atoms with van der Waals surface area (Å²) in [5.41, 5.74) is 0.530. The lowest BCUT2D eigenvalue weighted by Crippen LogP contribution is -2.49. The third kappa shape index (κ3) is 5.44. The van der Waals surface area contributed by atoms with Crippen molar-refractivity contribution < 1.29 is 8.42 Å². The summed E-state index contributed by atoms with van der Waals surface area (Å²) < 4.78 is 27.2. The van der Waals surface area contributed by atoms with Gasteiger partial charge in [-0.15, -0.1) is 0 Å². The molecule has 0 fully saturated rings. The molecule has 0 saturated carbocycles. The van der Waals surface area contributed by atoms with Gasteiger partial charge >= 0.3 is 0 Å². The maximum atomic E-state index is 12.8. The molecule has 0 atom stereocenters. The molecule has 0 aliphatic heterocycles. The third-order valence-corrected chi connectivity index (χ3v) is 5.58. The standard InChI is InChI=1S/C17H29NO2S/c1-7-18(17(5,6)14-16(2,3)4)21(19,20)13-15-11-9-8-10-12-15/h8-12H,7,13-14H2,1-6H3. The van der Waals surface area contributed by atoms with E-state index in [1.165, 1.54) is 0 Å². The molecule has 0 unspecified atom stereocenters. The summed E-state index contributed by atoms with van der Waals surface area (Å²) in [5, 5.41) is 0. The zero-order valence-electron chi connectivity index (χ0n) is 14.2. The van der Waals surface area contributed by atoms with Crippen LogP contribution in [0.15, 0.2) is 30.3 Å². The van der Waals surface area contributed by atoms with Crippen LogP contribution in [0.1, 0.15) is 53.5 Å². The van der Waals surface area contributed by atoms with Gasteiger partial charge in [0.05, 0.1) is 5.75 Å². The van der Waals surface area contributed by atoms with E-state index in [0.29, 0.717) is 6.54 Å². The fourth-order valence-corrected chi connectivity index (χ4v) is 5.23. The molecule has 1 rings (SSSR count). The van der Waals surface area contributed by atoms with E-state index in [1.807, 2.05) is 51.1 Å². The summed E-state index contributed by atoms with van der Waals surface area (Å²) in [6.45, 7) is 12.9. The molecule has 4 heteroatoms. The molecule has 1 aromatic carbocycles. The molecular formula is C17H29NO2S. The van der Waals surface area contributed by atoms with Crippen molar-refractivity contribution in [3.63, 3.8) is 0 Å². The molecule has 3 nitrogen and oxygen atoms in total. The van der Waals surface area contributed by atoms with Crippen LogP contribution in [0.5, 0.6) is 0 Å². The molecule has 0 aliphatic rings. The Kier molecular flexibility index (Phi) is 5.62. The monoisotopic (exact) mass is 311 g/mol. The maximum absolute atomic E-state index is 12.8. The minimum absolute atomic E-state index is 0.0647. The van der Waals surface area contributed by atoms with Gasteiger partial charge in [-0.2, -0.15) is 4.31 Å². The molecule has 0 aliphatic carbocycles. The molecule has 120 valence electrons. The molecule has 0 spiro atoms. The van der Waals surface area contributed by atoms with E-state index in [9.17, 15) is 8.42 Å². The van der Waals surface area contributed by atoms with E-state index in [2.05, 4.69) is 20.8 Å². The Morgan fingerprint density at radius 2 is 1.52 bits per heavy atom. The van der Waals surface area contributed by atoms with Gasteiger partial charge in [0, 0.05) is 12.1 Å². The lowest BCUT2D eigenvalue weighted by Gasteiger charge is -2.41. The van der Waals surface area contributed by atoms with Crippen molar-refractivity contribution in [1.29, 1.82) is 0 Å². The topological polar surface area (TPSA) is 37.4 Å². The highest BCUT2D eigenvalue weighted by atomic mass is 32.2. The lowest BCUT2D eigenvalue weighted by molar-refractivity contribution is 0.159. The summed E-state index contributed by atoms with van der Waals surface area (Å²) >= 11 is 0. The second kappa shape index (κ2) is 6.49. The molecule has 0 saturated heterocycles. The molecule has 21 heavy (non-hydrogen) atoms. The Balaban J connectivity index is 3.02. The Morgan fingerprint density at radius 1 is 1.00 bits per heavy atom. The number of sulfonamides is 1. The highest BCUT2D eigenvalue weighted by molar-refractivity contribution is 7.88. The highest BCUT2D eigenvalue weighted by Gasteiger charge is 2.37. The fourth-order valence-electron chi connectivity index (χ4n) is 3.25. The van der Waals surface area contributed by atoms with Gasteiger partial charge in [-0.1, -0.05) is 58.0 Å². The van der Waals surface area contributed by atoms with E-state index < -0.39 is 10.0 Å². The van der Waals surface area contributed by atoms with E-state index in [-0.39, 0.29) is 16.7 Å². The first-order chi connectivity index (χ1) is 9.48. The SMILES string of the molecule is CCN(C(C)(C)CC(C)(C)C)S(=O)(=O)Cc1ccccc1. The quantitative estimate of drug-likeness (QED) is 0.794. The number of benzene rings is 1. The fraction of sp³-hybridized carbons (Fsp3) is 0.647. The average Bonchev–Trinajstić information content (AvgIpc) is 2.25. The van der Waals surface area contributed by atoms with Crippen LogP contribution in [-0.2, 0) is 15.8 Å². The van der Waals surface area contributed by atoms with Gasteiger partial charge in [0.2, 0.25) is 10.0 Å². The second-order valence-electron chi connectivity index (χ2n) is 7.46. The number of nitrogens with zero attached hydrogens (tertiary/aromatic N) is 1. The molecular weight excluding hydrogens is 282 g/mol. The summed E-state index contributed by atoms with van der Waals surface area (Å²) in [4.78, 5) is 0. The number of rotatable bonds is 6. The van der Waals surface area contributed by atoms with Crippen molar-refractivity contribution in [3.8, 4) is 0 Å². The smallest absolute Gasteiger partial charge is 0.212 e. The van der Waals surface area contributed by atoms with Gasteiger partial charge in [0.1, 0.15) is 0 Å². The molecule has 0 heterocycles. The van der Waals surface area contributed by atoms with Crippen LogP contribution in [0.25, 0.3) is 0 Å². The zero-order chi connectivity index (χ0) is 16.3. The third-order valence-electron chi connectivity index (χ3n) is 3.45. The Bertz CT molecular complexity index is 542. The first-order valence-corrected chi connectivity index (χ1v) is 9.13. The molecule has 0 amide bonds. The van der Waals surface area contributed by atoms with Gasteiger partial charge in [0.25, 0.3) is 0 Å². The van der Waals surface area contributed by atoms with Crippen molar-refractivity contribution in [3.05, 3.63) is 35.9 Å². The first kappa shape index (κ1) is 18.2. The Hall–Kier alpha value is -0.870. The van der Waals surface area contributed by atoms with Crippen molar-refractivity contribution in [2.45, 2.75) is 59.3 Å². The number of hydrogen-bond donors (Lipinski definition) is 0. The van der Waals surface area contributed by atoms with E-state index in [0.717, 1.165) is 12.0 Å². The molecule has 1 aromatic rings. The predicted octanol–water partition coefficient (Wildman–Crippen LogP) is 4.05. The predicted molar refractivity (Wildman–Crippen MR) is 89.6 cm³/mol. The van der Waals surface area contributed by atoms with Gasteiger partial charge < -0.3 is 0 Å². The Morgan fingerprint density at radius 3 is 1.95 bits per heavy atom. The molecule has 0 aromatic heterocycles. The molecule has 0 N–H and O–H groups in total. The van der Waals surface area contributed by atoms with Gasteiger partial charge in [-0.05, 0) is 31.2 Å². The summed E-state index contributed by atoms with van der Waals surface area (Å²) in [6, 6.07) is 9.38. The zero-order valence-corrected chi connectivity index (χ0v) is 15.0.